The highest BCUT2D eigenvalue weighted by atomic mass is 79.9. The van der Waals surface area contributed by atoms with Crippen LogP contribution in [0.2, 0.25) is 0 Å². The fourth-order valence-electron chi connectivity index (χ4n) is 3.70. The van der Waals surface area contributed by atoms with Crippen LogP contribution in [0.1, 0.15) is 35.3 Å². The SMILES string of the molecule is CCOC(=O)C1=C(O)/C(=C/c2cc(OCC)c(OCc3ccc(C(=O)O)cc3)cc2Br)SC1=Nc1ccccc1. The van der Waals surface area contributed by atoms with E-state index in [-0.39, 0.29) is 30.1 Å². The molecule has 0 aliphatic carbocycles. The van der Waals surface area contributed by atoms with E-state index in [9.17, 15) is 14.7 Å². The minimum Gasteiger partial charge on any atom is -0.506 e. The lowest BCUT2D eigenvalue weighted by Gasteiger charge is -2.14. The van der Waals surface area contributed by atoms with Gasteiger partial charge in [-0.15, -0.1) is 0 Å². The standard InChI is InChI=1S/C30H26BrNO7S/c1-3-37-23-14-20(22(31)16-24(23)39-17-18-10-12-19(13-11-18)29(34)35)15-25-27(33)26(30(36)38-4-2)28(40-25)32-21-8-6-5-7-9-21/h5-16,33H,3-4,17H2,1-2H3,(H,34,35)/b25-15-,32-28?. The van der Waals surface area contributed by atoms with Crippen molar-refractivity contribution in [3.05, 3.63) is 104 Å². The summed E-state index contributed by atoms with van der Waals surface area (Å²) in [4.78, 5) is 28.8. The number of halogens is 1. The summed E-state index contributed by atoms with van der Waals surface area (Å²) in [6.45, 7) is 4.31. The molecule has 40 heavy (non-hydrogen) atoms. The number of carboxylic acids is 1. The quantitative estimate of drug-likeness (QED) is 0.226. The molecule has 0 fully saturated rings. The first-order valence-corrected chi connectivity index (χ1v) is 14.0. The zero-order valence-electron chi connectivity index (χ0n) is 21.7. The van der Waals surface area contributed by atoms with E-state index in [4.69, 9.17) is 19.3 Å². The number of para-hydroxylation sites is 1. The summed E-state index contributed by atoms with van der Waals surface area (Å²) in [5.41, 5.74) is 2.32. The summed E-state index contributed by atoms with van der Waals surface area (Å²) >= 11 is 4.74. The number of benzene rings is 3. The van der Waals surface area contributed by atoms with Gasteiger partial charge < -0.3 is 24.4 Å². The summed E-state index contributed by atoms with van der Waals surface area (Å²) in [7, 11) is 0. The van der Waals surface area contributed by atoms with Crippen LogP contribution in [0.25, 0.3) is 6.08 Å². The molecule has 0 saturated heterocycles. The summed E-state index contributed by atoms with van der Waals surface area (Å²) in [5, 5.41) is 20.5. The van der Waals surface area contributed by atoms with Crippen molar-refractivity contribution in [3.8, 4) is 11.5 Å². The van der Waals surface area contributed by atoms with Crippen LogP contribution in [0.3, 0.4) is 0 Å². The third-order valence-corrected chi connectivity index (χ3v) is 7.31. The number of aliphatic hydroxyl groups excluding tert-OH is 1. The molecule has 8 nitrogen and oxygen atoms in total. The molecule has 2 N–H and O–H groups in total. The lowest BCUT2D eigenvalue weighted by Crippen LogP contribution is -2.12. The van der Waals surface area contributed by atoms with Gasteiger partial charge in [0.25, 0.3) is 0 Å². The van der Waals surface area contributed by atoms with Gasteiger partial charge in [-0.2, -0.15) is 0 Å². The van der Waals surface area contributed by atoms with Crippen molar-refractivity contribution in [1.82, 2.24) is 0 Å². The Kier molecular flexibility index (Phi) is 9.68. The maximum atomic E-state index is 12.7. The van der Waals surface area contributed by atoms with Gasteiger partial charge in [0.15, 0.2) is 11.5 Å². The molecule has 1 heterocycles. The molecular formula is C30H26BrNO7S. The van der Waals surface area contributed by atoms with E-state index in [2.05, 4.69) is 20.9 Å². The molecule has 0 amide bonds. The molecule has 0 bridgehead atoms. The number of rotatable bonds is 10. The Bertz CT molecular complexity index is 1500. The van der Waals surface area contributed by atoms with Crippen molar-refractivity contribution in [2.24, 2.45) is 4.99 Å². The number of thioether (sulfide) groups is 1. The topological polar surface area (TPSA) is 115 Å². The summed E-state index contributed by atoms with van der Waals surface area (Å²) in [5.74, 6) is -0.896. The van der Waals surface area contributed by atoms with Crippen LogP contribution in [0.15, 0.2) is 92.4 Å². The number of carbonyl (C=O) groups excluding carboxylic acids is 1. The highest BCUT2D eigenvalue weighted by Crippen LogP contribution is 2.42. The average Bonchev–Trinajstić information content (AvgIpc) is 3.24. The number of ether oxygens (including phenoxy) is 3. The van der Waals surface area contributed by atoms with Crippen molar-refractivity contribution >= 4 is 56.4 Å². The van der Waals surface area contributed by atoms with E-state index in [0.29, 0.717) is 43.8 Å². The first-order valence-electron chi connectivity index (χ1n) is 12.4. The van der Waals surface area contributed by atoms with E-state index < -0.39 is 11.9 Å². The Morgan fingerprint density at radius 2 is 1.68 bits per heavy atom. The summed E-state index contributed by atoms with van der Waals surface area (Å²) < 4.78 is 17.7. The van der Waals surface area contributed by atoms with Crippen molar-refractivity contribution in [2.75, 3.05) is 13.2 Å². The van der Waals surface area contributed by atoms with E-state index >= 15 is 0 Å². The minimum absolute atomic E-state index is 0.0111. The number of carbonyl (C=O) groups is 2. The fraction of sp³-hybridized carbons (Fsp3) is 0.167. The molecule has 3 aromatic rings. The number of aliphatic hydroxyl groups is 1. The van der Waals surface area contributed by atoms with Gasteiger partial charge in [0.2, 0.25) is 0 Å². The summed E-state index contributed by atoms with van der Waals surface area (Å²) in [6, 6.07) is 19.1. The molecule has 0 saturated carbocycles. The Morgan fingerprint density at radius 1 is 0.975 bits per heavy atom. The number of nitrogens with zero attached hydrogens (tertiary/aromatic N) is 1. The first kappa shape index (κ1) is 29.0. The molecule has 0 aromatic heterocycles. The molecule has 0 spiro atoms. The number of hydrogen-bond donors (Lipinski definition) is 2. The minimum atomic E-state index is -0.992. The molecule has 1 aliphatic rings. The predicted octanol–water partition coefficient (Wildman–Crippen LogP) is 7.32. The van der Waals surface area contributed by atoms with Crippen molar-refractivity contribution in [3.63, 3.8) is 0 Å². The molecule has 0 radical (unpaired) electrons. The van der Waals surface area contributed by atoms with Crippen LogP contribution < -0.4 is 9.47 Å². The number of carboxylic acid groups (broad SMARTS) is 1. The highest BCUT2D eigenvalue weighted by Gasteiger charge is 2.33. The highest BCUT2D eigenvalue weighted by molar-refractivity contribution is 9.10. The Labute approximate surface area is 244 Å². The Balaban J connectivity index is 1.65. The van der Waals surface area contributed by atoms with Gasteiger partial charge in [-0.3, -0.25) is 0 Å². The molecule has 206 valence electrons. The molecule has 3 aromatic carbocycles. The van der Waals surface area contributed by atoms with Gasteiger partial charge in [0.1, 0.15) is 23.0 Å². The maximum absolute atomic E-state index is 12.7. The van der Waals surface area contributed by atoms with E-state index in [0.717, 1.165) is 5.56 Å². The third kappa shape index (κ3) is 6.94. The lowest BCUT2D eigenvalue weighted by atomic mass is 10.1. The third-order valence-electron chi connectivity index (χ3n) is 5.60. The van der Waals surface area contributed by atoms with Crippen molar-refractivity contribution < 1.29 is 34.0 Å². The van der Waals surface area contributed by atoms with Crippen LogP contribution in [-0.2, 0) is 16.1 Å². The van der Waals surface area contributed by atoms with Gasteiger partial charge in [-0.05, 0) is 67.4 Å². The predicted molar refractivity (Wildman–Crippen MR) is 158 cm³/mol. The molecule has 0 atom stereocenters. The largest absolute Gasteiger partial charge is 0.506 e. The van der Waals surface area contributed by atoms with Crippen LogP contribution in [0, 0.1) is 0 Å². The molecule has 10 heteroatoms. The Morgan fingerprint density at radius 3 is 2.33 bits per heavy atom. The average molecular weight is 625 g/mol. The molecule has 0 unspecified atom stereocenters. The van der Waals surface area contributed by atoms with E-state index in [1.165, 1.54) is 23.9 Å². The van der Waals surface area contributed by atoms with Crippen LogP contribution in [0.5, 0.6) is 11.5 Å². The Hall–Kier alpha value is -4.02. The van der Waals surface area contributed by atoms with Gasteiger partial charge in [-0.1, -0.05) is 58.0 Å². The zero-order valence-corrected chi connectivity index (χ0v) is 24.1. The second-order valence-corrected chi connectivity index (χ2v) is 10.2. The first-order chi connectivity index (χ1) is 19.3. The van der Waals surface area contributed by atoms with Crippen molar-refractivity contribution in [2.45, 2.75) is 20.5 Å². The molecular weight excluding hydrogens is 598 g/mol. The number of aromatic carboxylic acids is 1. The monoisotopic (exact) mass is 623 g/mol. The van der Waals surface area contributed by atoms with E-state index in [1.807, 2.05) is 25.1 Å². The number of esters is 1. The number of aliphatic imine (C=N–C) groups is 1. The number of hydrogen-bond acceptors (Lipinski definition) is 8. The fourth-order valence-corrected chi connectivity index (χ4v) is 5.16. The lowest BCUT2D eigenvalue weighted by molar-refractivity contribution is -0.138. The van der Waals surface area contributed by atoms with Gasteiger partial charge in [0, 0.05) is 4.47 Å². The van der Waals surface area contributed by atoms with Crippen LogP contribution in [-0.4, -0.2) is 40.4 Å². The van der Waals surface area contributed by atoms with Crippen LogP contribution >= 0.6 is 27.7 Å². The second kappa shape index (κ2) is 13.4. The van der Waals surface area contributed by atoms with Crippen molar-refractivity contribution in [1.29, 1.82) is 0 Å². The maximum Gasteiger partial charge on any atom is 0.344 e. The summed E-state index contributed by atoms with van der Waals surface area (Å²) in [6.07, 6.45) is 1.73. The molecule has 1 aliphatic heterocycles. The van der Waals surface area contributed by atoms with Crippen LogP contribution in [0.4, 0.5) is 5.69 Å². The smallest absolute Gasteiger partial charge is 0.344 e. The van der Waals surface area contributed by atoms with Gasteiger partial charge in [0.05, 0.1) is 29.4 Å². The second-order valence-electron chi connectivity index (χ2n) is 8.35. The van der Waals surface area contributed by atoms with Gasteiger partial charge in [-0.25, -0.2) is 14.6 Å². The van der Waals surface area contributed by atoms with Gasteiger partial charge >= 0.3 is 11.9 Å². The van der Waals surface area contributed by atoms with E-state index in [1.54, 1.807) is 49.4 Å². The zero-order chi connectivity index (χ0) is 28.6. The molecule has 4 rings (SSSR count). The normalized spacial score (nSPS) is 15.0.